The van der Waals surface area contributed by atoms with E-state index in [9.17, 15) is 18.0 Å². The minimum Gasteiger partial charge on any atom is -0.350 e. The highest BCUT2D eigenvalue weighted by Gasteiger charge is 2.32. The zero-order chi connectivity index (χ0) is 15.6. The third kappa shape index (κ3) is 4.00. The summed E-state index contributed by atoms with van der Waals surface area (Å²) >= 11 is 5.63. The van der Waals surface area contributed by atoms with Gasteiger partial charge in [-0.15, -0.1) is 0 Å². The number of rotatable bonds is 3. The van der Waals surface area contributed by atoms with Crippen LogP contribution in [0.3, 0.4) is 0 Å². The molecule has 21 heavy (non-hydrogen) atoms. The monoisotopic (exact) mass is 321 g/mol. The maximum atomic E-state index is 12.7. The molecule has 2 heterocycles. The third-order valence-corrected chi connectivity index (χ3v) is 3.52. The highest BCUT2D eigenvalue weighted by atomic mass is 35.5. The second-order valence-corrected chi connectivity index (χ2v) is 5.37. The number of aromatic nitrogens is 1. The second-order valence-electron chi connectivity index (χ2n) is 4.98. The van der Waals surface area contributed by atoms with Gasteiger partial charge in [0.25, 0.3) is 0 Å². The van der Waals surface area contributed by atoms with Gasteiger partial charge in [-0.1, -0.05) is 11.6 Å². The molecule has 4 nitrogen and oxygen atoms in total. The molecule has 0 saturated carbocycles. The van der Waals surface area contributed by atoms with Crippen LogP contribution in [0.15, 0.2) is 12.1 Å². The maximum Gasteiger partial charge on any atom is 0.416 e. The van der Waals surface area contributed by atoms with Gasteiger partial charge in [0.15, 0.2) is 0 Å². The lowest BCUT2D eigenvalue weighted by molar-refractivity contribution is -0.137. The van der Waals surface area contributed by atoms with E-state index in [-0.39, 0.29) is 23.4 Å². The summed E-state index contributed by atoms with van der Waals surface area (Å²) in [7, 11) is 1.52. The predicted octanol–water partition coefficient (Wildman–Crippen LogP) is 2.81. The Morgan fingerprint density at radius 1 is 1.38 bits per heavy atom. The average molecular weight is 322 g/mol. The van der Waals surface area contributed by atoms with Gasteiger partial charge < -0.3 is 9.80 Å². The van der Waals surface area contributed by atoms with Gasteiger partial charge in [-0.05, 0) is 25.0 Å². The standard InChI is InChI=1S/C13H15ClF3N3O/c1-19(8-12(21)20-4-2-3-5-20)11-7-9(13(15,16)17)6-10(14)18-11/h6-7H,2-5,8H2,1H3. The first-order valence-corrected chi connectivity index (χ1v) is 6.89. The molecule has 0 N–H and O–H groups in total. The molecular formula is C13H15ClF3N3O. The molecule has 1 saturated heterocycles. The fraction of sp³-hybridized carbons (Fsp3) is 0.538. The first-order chi connectivity index (χ1) is 9.77. The predicted molar refractivity (Wildman–Crippen MR) is 73.3 cm³/mol. The van der Waals surface area contributed by atoms with Gasteiger partial charge in [0.2, 0.25) is 5.91 Å². The number of carbonyl (C=O) groups excluding carboxylic acids is 1. The Morgan fingerprint density at radius 2 is 2.00 bits per heavy atom. The Balaban J connectivity index is 2.13. The SMILES string of the molecule is CN(CC(=O)N1CCCC1)c1cc(C(F)(F)F)cc(Cl)n1. The van der Waals surface area contributed by atoms with Crippen LogP contribution in [0.25, 0.3) is 0 Å². The molecule has 8 heteroatoms. The Bertz CT molecular complexity index is 530. The maximum absolute atomic E-state index is 12.7. The quantitative estimate of drug-likeness (QED) is 0.803. The summed E-state index contributed by atoms with van der Waals surface area (Å²) in [5, 5.41) is -0.250. The van der Waals surface area contributed by atoms with E-state index < -0.39 is 11.7 Å². The van der Waals surface area contributed by atoms with Crippen LogP contribution < -0.4 is 4.90 Å². The van der Waals surface area contributed by atoms with Crippen molar-refractivity contribution in [3.8, 4) is 0 Å². The summed E-state index contributed by atoms with van der Waals surface area (Å²) in [6.45, 7) is 1.37. The molecule has 0 spiro atoms. The molecule has 0 aromatic carbocycles. The Labute approximate surface area is 125 Å². The third-order valence-electron chi connectivity index (χ3n) is 3.33. The average Bonchev–Trinajstić information content (AvgIpc) is 2.90. The molecule has 1 aliphatic rings. The summed E-state index contributed by atoms with van der Waals surface area (Å²) in [6, 6.07) is 1.66. The number of hydrogen-bond acceptors (Lipinski definition) is 3. The molecule has 116 valence electrons. The number of likely N-dealkylation sites (tertiary alicyclic amines) is 1. The minimum atomic E-state index is -4.50. The Hall–Kier alpha value is -1.50. The smallest absolute Gasteiger partial charge is 0.350 e. The zero-order valence-corrected chi connectivity index (χ0v) is 12.2. The van der Waals surface area contributed by atoms with Gasteiger partial charge in [0, 0.05) is 20.1 Å². The van der Waals surface area contributed by atoms with E-state index >= 15 is 0 Å². The Kier molecular flexibility index (Phi) is 4.61. The van der Waals surface area contributed by atoms with Crippen LogP contribution >= 0.6 is 11.6 Å². The lowest BCUT2D eigenvalue weighted by Crippen LogP contribution is -2.37. The molecule has 2 rings (SSSR count). The van der Waals surface area contributed by atoms with Gasteiger partial charge in [0.1, 0.15) is 11.0 Å². The summed E-state index contributed by atoms with van der Waals surface area (Å²) < 4.78 is 38.2. The molecule has 0 atom stereocenters. The number of hydrogen-bond donors (Lipinski definition) is 0. The van der Waals surface area contributed by atoms with Crippen molar-refractivity contribution in [2.45, 2.75) is 19.0 Å². The van der Waals surface area contributed by atoms with Crippen LogP contribution in [0.4, 0.5) is 19.0 Å². The van der Waals surface area contributed by atoms with E-state index in [0.717, 1.165) is 25.0 Å². The summed E-state index contributed by atoms with van der Waals surface area (Å²) in [4.78, 5) is 18.9. The van der Waals surface area contributed by atoms with Crippen LogP contribution in [-0.2, 0) is 11.0 Å². The molecule has 0 radical (unpaired) electrons. The molecule has 1 amide bonds. The van der Waals surface area contributed by atoms with Gasteiger partial charge in [-0.3, -0.25) is 4.79 Å². The first kappa shape index (κ1) is 15.9. The first-order valence-electron chi connectivity index (χ1n) is 6.51. The highest BCUT2D eigenvalue weighted by Crippen LogP contribution is 2.32. The molecule has 1 aromatic heterocycles. The van der Waals surface area contributed by atoms with Crippen molar-refractivity contribution in [2.24, 2.45) is 0 Å². The molecule has 0 unspecified atom stereocenters. The fourth-order valence-corrected chi connectivity index (χ4v) is 2.40. The van der Waals surface area contributed by atoms with Gasteiger partial charge in [-0.2, -0.15) is 13.2 Å². The van der Waals surface area contributed by atoms with Crippen LogP contribution in [0, 0.1) is 0 Å². The number of anilines is 1. The number of nitrogens with zero attached hydrogens (tertiary/aromatic N) is 3. The zero-order valence-electron chi connectivity index (χ0n) is 11.5. The van der Waals surface area contributed by atoms with E-state index in [0.29, 0.717) is 13.1 Å². The topological polar surface area (TPSA) is 36.4 Å². The number of carbonyl (C=O) groups is 1. The van der Waals surface area contributed by atoms with Gasteiger partial charge in [-0.25, -0.2) is 4.98 Å². The van der Waals surface area contributed by atoms with Crippen molar-refractivity contribution in [3.05, 3.63) is 22.8 Å². The molecular weight excluding hydrogens is 307 g/mol. The van der Waals surface area contributed by atoms with E-state index in [4.69, 9.17) is 11.6 Å². The molecule has 1 fully saturated rings. The van der Waals surface area contributed by atoms with Crippen LogP contribution in [0.2, 0.25) is 5.15 Å². The molecule has 0 aliphatic carbocycles. The van der Waals surface area contributed by atoms with E-state index in [1.807, 2.05) is 0 Å². The minimum absolute atomic E-state index is 0.0232. The number of amides is 1. The summed E-state index contributed by atoms with van der Waals surface area (Å²) in [6.07, 6.45) is -2.58. The van der Waals surface area contributed by atoms with Crippen molar-refractivity contribution >= 4 is 23.3 Å². The summed E-state index contributed by atoms with van der Waals surface area (Å²) in [5.41, 5.74) is -0.877. The number of alkyl halides is 3. The van der Waals surface area contributed by atoms with Crippen LogP contribution in [0.1, 0.15) is 18.4 Å². The van der Waals surface area contributed by atoms with Crippen LogP contribution in [0.5, 0.6) is 0 Å². The van der Waals surface area contributed by atoms with Gasteiger partial charge >= 0.3 is 6.18 Å². The number of likely N-dealkylation sites (N-methyl/N-ethyl adjacent to an activating group) is 1. The molecule has 1 aliphatic heterocycles. The number of halogens is 4. The lowest BCUT2D eigenvalue weighted by atomic mass is 10.2. The molecule has 0 bridgehead atoms. The largest absolute Gasteiger partial charge is 0.416 e. The van der Waals surface area contributed by atoms with Gasteiger partial charge in [0.05, 0.1) is 12.1 Å². The van der Waals surface area contributed by atoms with Crippen molar-refractivity contribution < 1.29 is 18.0 Å². The van der Waals surface area contributed by atoms with E-state index in [2.05, 4.69) is 4.98 Å². The summed E-state index contributed by atoms with van der Waals surface area (Å²) in [5.74, 6) is -0.0901. The normalized spacial score (nSPS) is 15.4. The van der Waals surface area contributed by atoms with E-state index in [1.54, 1.807) is 4.90 Å². The fourth-order valence-electron chi connectivity index (χ4n) is 2.19. The van der Waals surface area contributed by atoms with Crippen LogP contribution in [-0.4, -0.2) is 42.5 Å². The van der Waals surface area contributed by atoms with Crippen molar-refractivity contribution in [1.82, 2.24) is 9.88 Å². The lowest BCUT2D eigenvalue weighted by Gasteiger charge is -2.22. The molecule has 1 aromatic rings. The van der Waals surface area contributed by atoms with Crippen molar-refractivity contribution in [2.75, 3.05) is 31.6 Å². The Morgan fingerprint density at radius 3 is 2.57 bits per heavy atom. The van der Waals surface area contributed by atoms with Crippen molar-refractivity contribution in [3.63, 3.8) is 0 Å². The van der Waals surface area contributed by atoms with Crippen molar-refractivity contribution in [1.29, 1.82) is 0 Å². The highest BCUT2D eigenvalue weighted by molar-refractivity contribution is 6.29. The van der Waals surface area contributed by atoms with E-state index in [1.165, 1.54) is 11.9 Å². The second kappa shape index (κ2) is 6.09. The number of pyridine rings is 1.